The molecule has 9 nitrogen and oxygen atoms in total. The summed E-state index contributed by atoms with van der Waals surface area (Å²) in [6, 6.07) is 12.1. The van der Waals surface area contributed by atoms with Gasteiger partial charge in [0.15, 0.2) is 0 Å². The molecule has 0 radical (unpaired) electrons. The van der Waals surface area contributed by atoms with E-state index in [1.165, 1.54) is 0 Å². The normalized spacial score (nSPS) is 15.4. The number of ether oxygens (including phenoxy) is 2. The van der Waals surface area contributed by atoms with Gasteiger partial charge in [-0.3, -0.25) is 13.9 Å². The van der Waals surface area contributed by atoms with Crippen molar-refractivity contribution in [2.24, 2.45) is 7.05 Å². The van der Waals surface area contributed by atoms with Gasteiger partial charge in [-0.05, 0) is 46.6 Å². The molecule has 0 bridgehead atoms. The molecular weight excluding hydrogens is 500 g/mol. The summed E-state index contributed by atoms with van der Waals surface area (Å²) >= 11 is 0. The minimum atomic E-state index is -1.90. The summed E-state index contributed by atoms with van der Waals surface area (Å²) in [6.45, 7) is 3.36. The molecule has 0 aliphatic carbocycles. The van der Waals surface area contributed by atoms with E-state index in [-0.39, 0.29) is 0 Å². The molecule has 1 fully saturated rings. The van der Waals surface area contributed by atoms with Crippen LogP contribution in [-0.4, -0.2) is 86.6 Å². The van der Waals surface area contributed by atoms with Crippen molar-refractivity contribution in [1.82, 2.24) is 24.6 Å². The summed E-state index contributed by atoms with van der Waals surface area (Å²) in [6.07, 6.45) is 6.44. The molecule has 0 amide bonds. The molecule has 0 N–H and O–H groups in total. The maximum atomic E-state index is 12.3. The van der Waals surface area contributed by atoms with Crippen LogP contribution in [0.25, 0.3) is 22.3 Å². The molecule has 3 heterocycles. The summed E-state index contributed by atoms with van der Waals surface area (Å²) < 4.78 is 25.1. The van der Waals surface area contributed by atoms with Crippen molar-refractivity contribution in [2.75, 3.05) is 56.8 Å². The van der Waals surface area contributed by atoms with Crippen molar-refractivity contribution in [1.29, 1.82) is 0 Å². The molecule has 200 valence electrons. The van der Waals surface area contributed by atoms with Crippen molar-refractivity contribution in [3.63, 3.8) is 0 Å². The standard InChI is InChI=1S/C28H34N6O3S/c1-32-20-21(18-30-32)28-19-29-26-7-6-22(16-27(26)31-28)34(23-14-24(36-2)17-25(15-23)37-3)9-5-8-33-10-12-38(4,35)13-11-33/h6-7,14-20H,4-5,8-13H2,1-3H3. The zero-order valence-corrected chi connectivity index (χ0v) is 23.0. The fourth-order valence-corrected chi connectivity index (χ4v) is 6.08. The lowest BCUT2D eigenvalue weighted by molar-refractivity contribution is 0.297. The maximum Gasteiger partial charge on any atom is 0.124 e. The van der Waals surface area contributed by atoms with E-state index >= 15 is 0 Å². The van der Waals surface area contributed by atoms with Crippen LogP contribution in [0.4, 0.5) is 11.4 Å². The highest BCUT2D eigenvalue weighted by atomic mass is 32.2. The van der Waals surface area contributed by atoms with Gasteiger partial charge in [0.1, 0.15) is 11.5 Å². The number of hydrogen-bond acceptors (Lipinski definition) is 8. The molecule has 0 unspecified atom stereocenters. The number of hydrogen-bond donors (Lipinski definition) is 0. The van der Waals surface area contributed by atoms with E-state index in [1.54, 1.807) is 31.3 Å². The third-order valence-electron chi connectivity index (χ3n) is 6.90. The molecule has 2 aromatic heterocycles. The van der Waals surface area contributed by atoms with E-state index < -0.39 is 9.52 Å². The van der Waals surface area contributed by atoms with E-state index in [1.807, 2.05) is 37.5 Å². The first-order valence-electron chi connectivity index (χ1n) is 12.6. The SMILES string of the molecule is C=S1(=O)CCN(CCCN(c2cc(OC)cc(OC)c2)c2ccc3ncc(-c4cnn(C)c4)nc3c2)CC1. The molecule has 10 heteroatoms. The maximum absolute atomic E-state index is 12.3. The van der Waals surface area contributed by atoms with Crippen LogP contribution in [-0.2, 0) is 16.6 Å². The van der Waals surface area contributed by atoms with Crippen LogP contribution in [0.15, 0.2) is 55.0 Å². The van der Waals surface area contributed by atoms with Crippen molar-refractivity contribution < 1.29 is 13.7 Å². The zero-order valence-electron chi connectivity index (χ0n) is 22.2. The third-order valence-corrected chi connectivity index (χ3v) is 8.75. The van der Waals surface area contributed by atoms with Crippen LogP contribution in [0, 0.1) is 0 Å². The predicted octanol–water partition coefficient (Wildman–Crippen LogP) is 3.61. The molecule has 0 spiro atoms. The van der Waals surface area contributed by atoms with Gasteiger partial charge in [0, 0.05) is 79.5 Å². The Morgan fingerprint density at radius 1 is 1.00 bits per heavy atom. The number of aryl methyl sites for hydroxylation is 1. The molecule has 1 saturated heterocycles. The van der Waals surface area contributed by atoms with Gasteiger partial charge in [0.2, 0.25) is 0 Å². The second kappa shape index (κ2) is 11.0. The first kappa shape index (κ1) is 26.0. The van der Waals surface area contributed by atoms with Crippen molar-refractivity contribution in [3.8, 4) is 22.8 Å². The summed E-state index contributed by atoms with van der Waals surface area (Å²) in [7, 11) is 3.30. The molecule has 5 rings (SSSR count). The number of aromatic nitrogens is 4. The summed E-state index contributed by atoms with van der Waals surface area (Å²) in [5.41, 5.74) is 5.32. The van der Waals surface area contributed by atoms with Gasteiger partial charge in [0.25, 0.3) is 0 Å². The zero-order chi connectivity index (χ0) is 26.7. The predicted molar refractivity (Wildman–Crippen MR) is 154 cm³/mol. The lowest BCUT2D eigenvalue weighted by atomic mass is 10.1. The largest absolute Gasteiger partial charge is 0.497 e. The quantitative estimate of drug-likeness (QED) is 0.301. The van der Waals surface area contributed by atoms with Crippen LogP contribution in [0.5, 0.6) is 11.5 Å². The fourth-order valence-electron chi connectivity index (χ4n) is 4.70. The van der Waals surface area contributed by atoms with Crippen molar-refractivity contribution in [2.45, 2.75) is 6.42 Å². The molecule has 0 saturated carbocycles. The van der Waals surface area contributed by atoms with Gasteiger partial charge in [0.05, 0.1) is 43.3 Å². The van der Waals surface area contributed by atoms with E-state index in [2.05, 4.69) is 37.9 Å². The van der Waals surface area contributed by atoms with Crippen LogP contribution in [0.2, 0.25) is 0 Å². The minimum Gasteiger partial charge on any atom is -0.497 e. The van der Waals surface area contributed by atoms with Gasteiger partial charge in [-0.2, -0.15) is 5.10 Å². The average Bonchev–Trinajstić information content (AvgIpc) is 3.37. The summed E-state index contributed by atoms with van der Waals surface area (Å²) in [5, 5.41) is 4.26. The van der Waals surface area contributed by atoms with Gasteiger partial charge in [-0.15, -0.1) is 0 Å². The number of methoxy groups -OCH3 is 2. The Kier molecular flexibility index (Phi) is 7.53. The fraction of sp³-hybridized carbons (Fsp3) is 0.357. The van der Waals surface area contributed by atoms with E-state index in [0.717, 1.165) is 77.8 Å². The van der Waals surface area contributed by atoms with E-state index in [4.69, 9.17) is 14.5 Å². The number of rotatable bonds is 9. The Balaban J connectivity index is 1.46. The van der Waals surface area contributed by atoms with Gasteiger partial charge in [-0.25, -0.2) is 4.98 Å². The second-order valence-corrected chi connectivity index (χ2v) is 12.4. The number of fused-ring (bicyclic) bond motifs is 1. The molecular formula is C28H34N6O3S. The topological polar surface area (TPSA) is 85.6 Å². The summed E-state index contributed by atoms with van der Waals surface area (Å²) in [4.78, 5) is 14.2. The highest BCUT2D eigenvalue weighted by Gasteiger charge is 2.19. The second-order valence-electron chi connectivity index (χ2n) is 9.62. The minimum absolute atomic E-state index is 0.673. The number of anilines is 2. The van der Waals surface area contributed by atoms with Crippen LogP contribution < -0.4 is 14.4 Å². The van der Waals surface area contributed by atoms with E-state index in [0.29, 0.717) is 11.5 Å². The van der Waals surface area contributed by atoms with Gasteiger partial charge in [-0.1, -0.05) is 0 Å². The summed E-state index contributed by atoms with van der Waals surface area (Å²) in [5.74, 6) is 6.69. The number of nitrogens with zero attached hydrogens (tertiary/aromatic N) is 6. The van der Waals surface area contributed by atoms with E-state index in [9.17, 15) is 4.21 Å². The third kappa shape index (κ3) is 5.92. The molecule has 4 aromatic rings. The highest BCUT2D eigenvalue weighted by molar-refractivity contribution is 8.00. The molecule has 0 atom stereocenters. The first-order chi connectivity index (χ1) is 18.3. The monoisotopic (exact) mass is 534 g/mol. The van der Waals surface area contributed by atoms with Crippen LogP contribution >= 0.6 is 0 Å². The first-order valence-corrected chi connectivity index (χ1v) is 14.7. The average molecular weight is 535 g/mol. The Bertz CT molecular complexity index is 1500. The Morgan fingerprint density at radius 3 is 2.39 bits per heavy atom. The lowest BCUT2D eigenvalue weighted by Crippen LogP contribution is -2.41. The highest BCUT2D eigenvalue weighted by Crippen LogP contribution is 2.34. The number of benzene rings is 2. The Morgan fingerprint density at radius 2 is 1.74 bits per heavy atom. The molecule has 38 heavy (non-hydrogen) atoms. The van der Waals surface area contributed by atoms with Crippen molar-refractivity contribution >= 4 is 37.8 Å². The smallest absolute Gasteiger partial charge is 0.124 e. The molecule has 1 aliphatic heterocycles. The van der Waals surface area contributed by atoms with Crippen LogP contribution in [0.1, 0.15) is 6.42 Å². The molecule has 2 aromatic carbocycles. The van der Waals surface area contributed by atoms with Crippen molar-refractivity contribution in [3.05, 3.63) is 55.0 Å². The van der Waals surface area contributed by atoms with Gasteiger partial charge < -0.3 is 19.3 Å². The lowest BCUT2D eigenvalue weighted by Gasteiger charge is -2.31. The molecule has 1 aliphatic rings. The Hall–Kier alpha value is -3.63. The Labute approximate surface area is 224 Å². The van der Waals surface area contributed by atoms with Crippen LogP contribution in [0.3, 0.4) is 0 Å². The van der Waals surface area contributed by atoms with Gasteiger partial charge >= 0.3 is 0 Å².